The van der Waals surface area contributed by atoms with E-state index in [1.165, 1.54) is 5.56 Å². The molecule has 1 heterocycles. The fraction of sp³-hybridized carbons (Fsp3) is 0.625. The number of nitrogens with one attached hydrogen (secondary N) is 1. The number of aliphatic hydroxyl groups excluding tert-OH is 1. The van der Waals surface area contributed by atoms with Crippen LogP contribution in [0.2, 0.25) is 5.02 Å². The van der Waals surface area contributed by atoms with E-state index in [1.807, 2.05) is 13.0 Å². The lowest BCUT2D eigenvalue weighted by atomic mass is 10.0. The van der Waals surface area contributed by atoms with Gasteiger partial charge in [0.2, 0.25) is 0 Å². The Kier molecular flexibility index (Phi) is 5.30. The zero-order chi connectivity index (χ0) is 14.7. The van der Waals surface area contributed by atoms with Crippen LogP contribution >= 0.6 is 11.6 Å². The van der Waals surface area contributed by atoms with Crippen LogP contribution in [-0.2, 0) is 6.54 Å². The molecule has 0 amide bonds. The minimum atomic E-state index is -0.242. The minimum Gasteiger partial charge on any atom is -0.393 e. The molecule has 2 unspecified atom stereocenters. The summed E-state index contributed by atoms with van der Waals surface area (Å²) in [5, 5.41) is 13.9. The zero-order valence-corrected chi connectivity index (χ0v) is 13.3. The highest BCUT2D eigenvalue weighted by Gasteiger charge is 2.27. The number of rotatable bonds is 5. The Morgan fingerprint density at radius 2 is 2.15 bits per heavy atom. The van der Waals surface area contributed by atoms with E-state index >= 15 is 0 Å². The molecule has 0 saturated carbocycles. The number of hydrogen-bond acceptors (Lipinski definition) is 3. The summed E-state index contributed by atoms with van der Waals surface area (Å²) in [4.78, 5) is 2.28. The average Bonchev–Trinajstić information content (AvgIpc) is 2.86. The van der Waals surface area contributed by atoms with E-state index in [1.54, 1.807) is 0 Å². The van der Waals surface area contributed by atoms with Crippen molar-refractivity contribution in [3.8, 4) is 0 Å². The lowest BCUT2D eigenvalue weighted by Crippen LogP contribution is -2.24. The number of hydrogen-bond donors (Lipinski definition) is 2. The van der Waals surface area contributed by atoms with Gasteiger partial charge in [0.1, 0.15) is 0 Å². The Labute approximate surface area is 126 Å². The minimum absolute atomic E-state index is 0.242. The molecule has 2 rings (SSSR count). The van der Waals surface area contributed by atoms with E-state index in [-0.39, 0.29) is 6.10 Å². The van der Waals surface area contributed by atoms with E-state index in [0.29, 0.717) is 12.0 Å². The van der Waals surface area contributed by atoms with E-state index in [4.69, 9.17) is 11.6 Å². The number of aliphatic hydroxyl groups is 1. The topological polar surface area (TPSA) is 35.5 Å². The summed E-state index contributed by atoms with van der Waals surface area (Å²) in [5.74, 6) is 0.355. The van der Waals surface area contributed by atoms with Crippen LogP contribution in [0.1, 0.15) is 32.8 Å². The molecule has 2 atom stereocenters. The third-order valence-corrected chi connectivity index (χ3v) is 4.28. The average molecular weight is 297 g/mol. The highest BCUT2D eigenvalue weighted by atomic mass is 35.5. The Morgan fingerprint density at radius 1 is 1.40 bits per heavy atom. The number of benzene rings is 1. The fourth-order valence-electron chi connectivity index (χ4n) is 2.64. The van der Waals surface area contributed by atoms with Crippen molar-refractivity contribution in [3.05, 3.63) is 28.8 Å². The van der Waals surface area contributed by atoms with E-state index in [2.05, 4.69) is 36.2 Å². The standard InChI is InChI=1S/C16H25ClN2O/c1-11(2)18-9-13-4-5-16(15(17)8-13)19-7-6-14(10-19)12(3)20/h4-5,8,11-12,14,18,20H,6-7,9-10H2,1-3H3. The van der Waals surface area contributed by atoms with Crippen LogP contribution in [0.15, 0.2) is 18.2 Å². The summed E-state index contributed by atoms with van der Waals surface area (Å²) in [5.41, 5.74) is 2.29. The molecule has 1 aromatic rings. The first kappa shape index (κ1) is 15.6. The largest absolute Gasteiger partial charge is 0.393 e. The van der Waals surface area contributed by atoms with Crippen molar-refractivity contribution in [2.24, 2.45) is 5.92 Å². The summed E-state index contributed by atoms with van der Waals surface area (Å²) in [6.45, 7) is 8.84. The third kappa shape index (κ3) is 3.87. The molecular formula is C16H25ClN2O. The van der Waals surface area contributed by atoms with Gasteiger partial charge in [-0.25, -0.2) is 0 Å². The van der Waals surface area contributed by atoms with Crippen LogP contribution in [0.4, 0.5) is 5.69 Å². The molecule has 1 aliphatic heterocycles. The number of nitrogens with zero attached hydrogens (tertiary/aromatic N) is 1. The fourth-order valence-corrected chi connectivity index (χ4v) is 2.96. The van der Waals surface area contributed by atoms with Crippen LogP contribution in [0.25, 0.3) is 0 Å². The number of anilines is 1. The molecule has 20 heavy (non-hydrogen) atoms. The summed E-state index contributed by atoms with van der Waals surface area (Å²) in [7, 11) is 0. The molecule has 4 heteroatoms. The maximum absolute atomic E-state index is 9.68. The molecule has 112 valence electrons. The summed E-state index contributed by atoms with van der Waals surface area (Å²) >= 11 is 6.42. The van der Waals surface area contributed by atoms with Gasteiger partial charge in [-0.3, -0.25) is 0 Å². The lowest BCUT2D eigenvalue weighted by Gasteiger charge is -2.21. The first-order valence-corrected chi connectivity index (χ1v) is 7.80. The molecule has 0 spiro atoms. The second-order valence-electron chi connectivity index (χ2n) is 6.06. The second-order valence-corrected chi connectivity index (χ2v) is 6.46. The van der Waals surface area contributed by atoms with Crippen LogP contribution in [0, 0.1) is 5.92 Å². The van der Waals surface area contributed by atoms with Gasteiger partial charge < -0.3 is 15.3 Å². The third-order valence-electron chi connectivity index (χ3n) is 3.97. The first-order valence-electron chi connectivity index (χ1n) is 7.42. The SMILES string of the molecule is CC(C)NCc1ccc(N2CCC(C(C)O)C2)c(Cl)c1. The van der Waals surface area contributed by atoms with Gasteiger partial charge in [0.05, 0.1) is 16.8 Å². The molecule has 3 nitrogen and oxygen atoms in total. The number of halogens is 1. The Morgan fingerprint density at radius 3 is 2.70 bits per heavy atom. The molecule has 0 radical (unpaired) electrons. The smallest absolute Gasteiger partial charge is 0.0642 e. The molecule has 1 aromatic carbocycles. The van der Waals surface area contributed by atoms with E-state index in [9.17, 15) is 5.11 Å². The Hall–Kier alpha value is -0.770. The van der Waals surface area contributed by atoms with Gasteiger partial charge >= 0.3 is 0 Å². The first-order chi connectivity index (χ1) is 9.47. The highest BCUT2D eigenvalue weighted by molar-refractivity contribution is 6.33. The van der Waals surface area contributed by atoms with Crippen LogP contribution in [-0.4, -0.2) is 30.3 Å². The molecule has 1 saturated heterocycles. The van der Waals surface area contributed by atoms with Gasteiger partial charge in [-0.05, 0) is 31.0 Å². The maximum atomic E-state index is 9.68. The molecule has 0 bridgehead atoms. The summed E-state index contributed by atoms with van der Waals surface area (Å²) in [6.07, 6.45) is 0.790. The monoisotopic (exact) mass is 296 g/mol. The van der Waals surface area contributed by atoms with E-state index in [0.717, 1.165) is 36.8 Å². The van der Waals surface area contributed by atoms with Crippen molar-refractivity contribution in [2.45, 2.75) is 45.9 Å². The highest BCUT2D eigenvalue weighted by Crippen LogP contribution is 2.32. The van der Waals surface area contributed by atoms with Gasteiger partial charge in [0, 0.05) is 31.6 Å². The van der Waals surface area contributed by atoms with Crippen molar-refractivity contribution in [1.82, 2.24) is 5.32 Å². The molecule has 2 N–H and O–H groups in total. The predicted octanol–water partition coefficient (Wildman–Crippen LogP) is 3.05. The Bertz CT molecular complexity index is 448. The van der Waals surface area contributed by atoms with Crippen molar-refractivity contribution in [3.63, 3.8) is 0 Å². The molecule has 1 fully saturated rings. The van der Waals surface area contributed by atoms with E-state index < -0.39 is 0 Å². The molecule has 0 aromatic heterocycles. The van der Waals surface area contributed by atoms with Gasteiger partial charge in [-0.2, -0.15) is 0 Å². The zero-order valence-electron chi connectivity index (χ0n) is 12.6. The predicted molar refractivity (Wildman–Crippen MR) is 85.4 cm³/mol. The normalized spacial score (nSPS) is 20.7. The van der Waals surface area contributed by atoms with Gasteiger partial charge in [-0.15, -0.1) is 0 Å². The van der Waals surface area contributed by atoms with Gasteiger partial charge in [-0.1, -0.05) is 31.5 Å². The van der Waals surface area contributed by atoms with Crippen molar-refractivity contribution in [1.29, 1.82) is 0 Å². The molecular weight excluding hydrogens is 272 g/mol. The molecule has 1 aliphatic rings. The lowest BCUT2D eigenvalue weighted by molar-refractivity contribution is 0.136. The quantitative estimate of drug-likeness (QED) is 0.877. The molecule has 0 aliphatic carbocycles. The van der Waals surface area contributed by atoms with Crippen molar-refractivity contribution in [2.75, 3.05) is 18.0 Å². The van der Waals surface area contributed by atoms with Crippen LogP contribution in [0.3, 0.4) is 0 Å². The summed E-state index contributed by atoms with van der Waals surface area (Å²) < 4.78 is 0. The summed E-state index contributed by atoms with van der Waals surface area (Å²) in [6, 6.07) is 6.75. The van der Waals surface area contributed by atoms with Crippen molar-refractivity contribution < 1.29 is 5.11 Å². The second kappa shape index (κ2) is 6.79. The van der Waals surface area contributed by atoms with Gasteiger partial charge in [0.15, 0.2) is 0 Å². The maximum Gasteiger partial charge on any atom is 0.0642 e. The van der Waals surface area contributed by atoms with Crippen LogP contribution < -0.4 is 10.2 Å². The van der Waals surface area contributed by atoms with Crippen molar-refractivity contribution >= 4 is 17.3 Å². The van der Waals surface area contributed by atoms with Gasteiger partial charge in [0.25, 0.3) is 0 Å². The van der Waals surface area contributed by atoms with Crippen LogP contribution in [0.5, 0.6) is 0 Å². The Balaban J connectivity index is 2.03.